The van der Waals surface area contributed by atoms with E-state index >= 15 is 0 Å². The normalized spacial score (nSPS) is 29.1. The van der Waals surface area contributed by atoms with Crippen molar-refractivity contribution < 1.29 is 4.74 Å². The number of ether oxygens (including phenoxy) is 1. The summed E-state index contributed by atoms with van der Waals surface area (Å²) in [7, 11) is 0. The quantitative estimate of drug-likeness (QED) is 0.667. The summed E-state index contributed by atoms with van der Waals surface area (Å²) in [5, 5.41) is 2.11. The van der Waals surface area contributed by atoms with Crippen molar-refractivity contribution >= 4 is 31.9 Å². The van der Waals surface area contributed by atoms with E-state index in [1.807, 2.05) is 0 Å². The first-order chi connectivity index (χ1) is 7.61. The standard InChI is InChI=1S/C13H22Br2O/c1-12(9-14,10-15)8-11-4-7-13(16-11)5-2-3-6-13/h11H,2-10H2,1H3. The van der Waals surface area contributed by atoms with E-state index in [1.165, 1.54) is 44.9 Å². The zero-order valence-electron chi connectivity index (χ0n) is 10.1. The maximum absolute atomic E-state index is 6.37. The maximum Gasteiger partial charge on any atom is 0.0687 e. The zero-order valence-corrected chi connectivity index (χ0v) is 13.3. The van der Waals surface area contributed by atoms with Gasteiger partial charge in [-0.2, -0.15) is 0 Å². The molecule has 1 nitrogen and oxygen atoms in total. The van der Waals surface area contributed by atoms with Gasteiger partial charge in [-0.3, -0.25) is 0 Å². The number of rotatable bonds is 4. The predicted octanol–water partition coefficient (Wildman–Crippen LogP) is 4.66. The third-order valence-corrected chi connectivity index (χ3v) is 6.93. The summed E-state index contributed by atoms with van der Waals surface area (Å²) in [5.74, 6) is 0. The first kappa shape index (κ1) is 13.4. The Morgan fingerprint density at radius 1 is 1.19 bits per heavy atom. The van der Waals surface area contributed by atoms with Crippen LogP contribution < -0.4 is 0 Å². The highest BCUT2D eigenvalue weighted by Crippen LogP contribution is 2.46. The SMILES string of the molecule is CC(CBr)(CBr)CC1CCC2(CCCC2)O1. The molecule has 0 aromatic rings. The van der Waals surface area contributed by atoms with E-state index in [4.69, 9.17) is 4.74 Å². The van der Waals surface area contributed by atoms with Gasteiger partial charge in [-0.15, -0.1) is 0 Å². The van der Waals surface area contributed by atoms with Crippen molar-refractivity contribution in [3.05, 3.63) is 0 Å². The van der Waals surface area contributed by atoms with Gasteiger partial charge in [0.25, 0.3) is 0 Å². The van der Waals surface area contributed by atoms with E-state index in [9.17, 15) is 0 Å². The molecule has 1 heterocycles. The Hall–Kier alpha value is 0.920. The van der Waals surface area contributed by atoms with Gasteiger partial charge in [0.05, 0.1) is 11.7 Å². The van der Waals surface area contributed by atoms with Crippen LogP contribution in [0.3, 0.4) is 0 Å². The van der Waals surface area contributed by atoms with Gasteiger partial charge in [0.2, 0.25) is 0 Å². The Kier molecular flexibility index (Phi) is 4.40. The largest absolute Gasteiger partial charge is 0.372 e. The smallest absolute Gasteiger partial charge is 0.0687 e. The van der Waals surface area contributed by atoms with Crippen LogP contribution in [0, 0.1) is 5.41 Å². The van der Waals surface area contributed by atoms with Crippen molar-refractivity contribution in [1.29, 1.82) is 0 Å². The summed E-state index contributed by atoms with van der Waals surface area (Å²) < 4.78 is 6.37. The Morgan fingerprint density at radius 2 is 1.81 bits per heavy atom. The minimum Gasteiger partial charge on any atom is -0.372 e. The summed E-state index contributed by atoms with van der Waals surface area (Å²) in [6.45, 7) is 2.33. The molecule has 1 saturated heterocycles. The molecule has 0 amide bonds. The minimum absolute atomic E-state index is 0.296. The summed E-state index contributed by atoms with van der Waals surface area (Å²) in [6.07, 6.45) is 9.63. The Bertz CT molecular complexity index is 232. The number of hydrogen-bond donors (Lipinski definition) is 0. The second-order valence-electron chi connectivity index (χ2n) is 5.95. The third-order valence-electron chi connectivity index (χ3n) is 4.22. The second-order valence-corrected chi connectivity index (χ2v) is 7.07. The van der Waals surface area contributed by atoms with Crippen molar-refractivity contribution in [2.75, 3.05) is 10.7 Å². The van der Waals surface area contributed by atoms with Crippen LogP contribution in [0.15, 0.2) is 0 Å². The molecule has 1 spiro atoms. The van der Waals surface area contributed by atoms with E-state index in [2.05, 4.69) is 38.8 Å². The van der Waals surface area contributed by atoms with Gasteiger partial charge in [-0.05, 0) is 37.5 Å². The molecule has 3 heteroatoms. The lowest BCUT2D eigenvalue weighted by Crippen LogP contribution is -2.30. The van der Waals surface area contributed by atoms with Crippen LogP contribution in [0.25, 0.3) is 0 Å². The molecule has 2 aliphatic rings. The summed E-state index contributed by atoms with van der Waals surface area (Å²) in [5.41, 5.74) is 0.638. The topological polar surface area (TPSA) is 9.23 Å². The lowest BCUT2D eigenvalue weighted by molar-refractivity contribution is -0.0480. The van der Waals surface area contributed by atoms with Gasteiger partial charge < -0.3 is 4.74 Å². The van der Waals surface area contributed by atoms with Crippen molar-refractivity contribution in [2.24, 2.45) is 5.41 Å². The fraction of sp³-hybridized carbons (Fsp3) is 1.00. The summed E-state index contributed by atoms with van der Waals surface area (Å²) in [6, 6.07) is 0. The van der Waals surface area contributed by atoms with Gasteiger partial charge in [0.15, 0.2) is 0 Å². The van der Waals surface area contributed by atoms with E-state index in [0.29, 0.717) is 17.1 Å². The van der Waals surface area contributed by atoms with Crippen LogP contribution in [0.4, 0.5) is 0 Å². The van der Waals surface area contributed by atoms with Crippen LogP contribution in [0.1, 0.15) is 51.9 Å². The molecule has 0 bridgehead atoms. The molecule has 1 saturated carbocycles. The summed E-state index contributed by atoms with van der Waals surface area (Å²) >= 11 is 7.26. The lowest BCUT2D eigenvalue weighted by atomic mass is 9.88. The van der Waals surface area contributed by atoms with E-state index in [1.54, 1.807) is 0 Å². The van der Waals surface area contributed by atoms with Gasteiger partial charge in [-0.1, -0.05) is 51.6 Å². The van der Waals surface area contributed by atoms with E-state index in [0.717, 1.165) is 10.7 Å². The molecular formula is C13H22Br2O. The third kappa shape index (κ3) is 2.84. The highest BCUT2D eigenvalue weighted by atomic mass is 79.9. The molecule has 0 aromatic heterocycles. The van der Waals surface area contributed by atoms with E-state index < -0.39 is 0 Å². The molecular weight excluding hydrogens is 332 g/mol. The average molecular weight is 354 g/mol. The van der Waals surface area contributed by atoms with Crippen LogP contribution in [0.5, 0.6) is 0 Å². The summed E-state index contributed by atoms with van der Waals surface area (Å²) in [4.78, 5) is 0. The molecule has 94 valence electrons. The van der Waals surface area contributed by atoms with Crippen molar-refractivity contribution in [3.63, 3.8) is 0 Å². The first-order valence-electron chi connectivity index (χ1n) is 6.41. The zero-order chi connectivity index (χ0) is 11.6. The lowest BCUT2D eigenvalue weighted by Gasteiger charge is -2.30. The molecule has 2 rings (SSSR count). The predicted molar refractivity (Wildman–Crippen MR) is 75.6 cm³/mol. The van der Waals surface area contributed by atoms with Gasteiger partial charge >= 0.3 is 0 Å². The fourth-order valence-corrected chi connectivity index (χ4v) is 4.51. The molecule has 16 heavy (non-hydrogen) atoms. The Morgan fingerprint density at radius 3 is 2.38 bits per heavy atom. The molecule has 1 aliphatic carbocycles. The van der Waals surface area contributed by atoms with Crippen LogP contribution in [-0.2, 0) is 4.74 Å². The van der Waals surface area contributed by atoms with Gasteiger partial charge in [0, 0.05) is 10.7 Å². The Labute approximate surface area is 116 Å². The molecule has 1 atom stereocenters. The van der Waals surface area contributed by atoms with Crippen LogP contribution in [0.2, 0.25) is 0 Å². The van der Waals surface area contributed by atoms with Crippen molar-refractivity contribution in [1.82, 2.24) is 0 Å². The van der Waals surface area contributed by atoms with Crippen molar-refractivity contribution in [2.45, 2.75) is 63.6 Å². The van der Waals surface area contributed by atoms with Gasteiger partial charge in [0.1, 0.15) is 0 Å². The molecule has 0 radical (unpaired) electrons. The second kappa shape index (κ2) is 5.27. The highest BCUT2D eigenvalue weighted by molar-refractivity contribution is 9.09. The highest BCUT2D eigenvalue weighted by Gasteiger charge is 2.43. The van der Waals surface area contributed by atoms with Crippen LogP contribution in [-0.4, -0.2) is 22.4 Å². The van der Waals surface area contributed by atoms with Crippen molar-refractivity contribution in [3.8, 4) is 0 Å². The van der Waals surface area contributed by atoms with Crippen LogP contribution >= 0.6 is 31.9 Å². The first-order valence-corrected chi connectivity index (χ1v) is 8.66. The monoisotopic (exact) mass is 352 g/mol. The Balaban J connectivity index is 1.89. The number of halogens is 2. The average Bonchev–Trinajstić information content (AvgIpc) is 2.90. The molecule has 0 N–H and O–H groups in total. The fourth-order valence-electron chi connectivity index (χ4n) is 3.12. The number of hydrogen-bond acceptors (Lipinski definition) is 1. The van der Waals surface area contributed by atoms with Gasteiger partial charge in [-0.25, -0.2) is 0 Å². The molecule has 0 aromatic carbocycles. The van der Waals surface area contributed by atoms with E-state index in [-0.39, 0.29) is 0 Å². The molecule has 2 fully saturated rings. The minimum atomic E-state index is 0.296. The molecule has 1 aliphatic heterocycles. The number of alkyl halides is 2. The maximum atomic E-state index is 6.37. The molecule has 1 unspecified atom stereocenters.